The number of carbonyl (C=O) groups excluding carboxylic acids is 2. The third-order valence-corrected chi connectivity index (χ3v) is 2.82. The molecule has 1 amide bonds. The fourth-order valence-corrected chi connectivity index (χ4v) is 1.34. The van der Waals surface area contributed by atoms with Crippen molar-refractivity contribution < 1.29 is 9.59 Å². The van der Waals surface area contributed by atoms with E-state index in [0.29, 0.717) is 6.42 Å². The van der Waals surface area contributed by atoms with Gasteiger partial charge in [-0.05, 0) is 20.3 Å². The summed E-state index contributed by atoms with van der Waals surface area (Å²) >= 11 is 0. The van der Waals surface area contributed by atoms with Crippen LogP contribution in [-0.4, -0.2) is 11.7 Å². The Balaban J connectivity index is 3.79. The lowest BCUT2D eigenvalue weighted by molar-refractivity contribution is -0.138. The van der Waals surface area contributed by atoms with Crippen molar-refractivity contribution in [2.24, 2.45) is 11.1 Å². The molecule has 0 radical (unpaired) electrons. The molecular formula is C12H23NO2. The summed E-state index contributed by atoms with van der Waals surface area (Å²) in [6.45, 7) is 5.36. The van der Waals surface area contributed by atoms with E-state index >= 15 is 0 Å². The first-order chi connectivity index (χ1) is 6.92. The van der Waals surface area contributed by atoms with Gasteiger partial charge in [-0.3, -0.25) is 9.59 Å². The number of nitrogens with two attached hydrogens (primary N) is 1. The van der Waals surface area contributed by atoms with Crippen molar-refractivity contribution in [1.29, 1.82) is 0 Å². The van der Waals surface area contributed by atoms with Gasteiger partial charge in [0.05, 0.1) is 0 Å². The summed E-state index contributed by atoms with van der Waals surface area (Å²) in [6.07, 6.45) is 5.98. The number of hydrogen-bond donors (Lipinski definition) is 1. The molecule has 2 N–H and O–H groups in total. The minimum Gasteiger partial charge on any atom is -0.369 e. The van der Waals surface area contributed by atoms with Gasteiger partial charge >= 0.3 is 0 Å². The van der Waals surface area contributed by atoms with Crippen LogP contribution in [0.5, 0.6) is 0 Å². The minimum absolute atomic E-state index is 0.0356. The number of amides is 1. The van der Waals surface area contributed by atoms with Crippen LogP contribution in [0.15, 0.2) is 0 Å². The van der Waals surface area contributed by atoms with E-state index in [2.05, 4.69) is 6.92 Å². The molecule has 0 atom stereocenters. The first-order valence-corrected chi connectivity index (χ1v) is 5.76. The summed E-state index contributed by atoms with van der Waals surface area (Å²) in [4.78, 5) is 22.6. The standard InChI is InChI=1S/C12H23NO2/c1-4-5-6-7-8-9-10(14)12(2,3)11(13)15/h4-9H2,1-3H3,(H2,13,15). The van der Waals surface area contributed by atoms with Gasteiger partial charge in [0.1, 0.15) is 11.2 Å². The van der Waals surface area contributed by atoms with Crippen LogP contribution in [0.4, 0.5) is 0 Å². The van der Waals surface area contributed by atoms with Crippen LogP contribution in [-0.2, 0) is 9.59 Å². The van der Waals surface area contributed by atoms with E-state index in [1.165, 1.54) is 19.3 Å². The van der Waals surface area contributed by atoms with Crippen LogP contribution in [0.1, 0.15) is 59.3 Å². The van der Waals surface area contributed by atoms with Crippen molar-refractivity contribution in [2.45, 2.75) is 59.3 Å². The van der Waals surface area contributed by atoms with Crippen LogP contribution in [0.3, 0.4) is 0 Å². The molecule has 0 bridgehead atoms. The molecule has 0 aromatic rings. The maximum atomic E-state index is 11.6. The fraction of sp³-hybridized carbons (Fsp3) is 0.833. The molecule has 0 aliphatic rings. The summed E-state index contributed by atoms with van der Waals surface area (Å²) in [7, 11) is 0. The van der Waals surface area contributed by atoms with Gasteiger partial charge in [-0.15, -0.1) is 0 Å². The molecule has 0 rings (SSSR count). The highest BCUT2D eigenvalue weighted by Gasteiger charge is 2.32. The van der Waals surface area contributed by atoms with E-state index < -0.39 is 11.3 Å². The molecule has 3 heteroatoms. The Labute approximate surface area is 92.4 Å². The zero-order valence-corrected chi connectivity index (χ0v) is 10.1. The molecular weight excluding hydrogens is 190 g/mol. The van der Waals surface area contributed by atoms with Crippen LogP contribution in [0.25, 0.3) is 0 Å². The SMILES string of the molecule is CCCCCCCC(=O)C(C)(C)C(N)=O. The predicted molar refractivity (Wildman–Crippen MR) is 61.4 cm³/mol. The van der Waals surface area contributed by atoms with E-state index in [4.69, 9.17) is 5.73 Å². The van der Waals surface area contributed by atoms with E-state index in [-0.39, 0.29) is 5.78 Å². The van der Waals surface area contributed by atoms with Crippen LogP contribution in [0, 0.1) is 5.41 Å². The van der Waals surface area contributed by atoms with Crippen molar-refractivity contribution in [2.75, 3.05) is 0 Å². The summed E-state index contributed by atoms with van der Waals surface area (Å²) < 4.78 is 0. The lowest BCUT2D eigenvalue weighted by Crippen LogP contribution is -2.38. The Kier molecular flexibility index (Phi) is 6.21. The Morgan fingerprint density at radius 1 is 1.07 bits per heavy atom. The molecule has 0 spiro atoms. The Morgan fingerprint density at radius 2 is 1.60 bits per heavy atom. The average molecular weight is 213 g/mol. The van der Waals surface area contributed by atoms with Crippen molar-refractivity contribution >= 4 is 11.7 Å². The molecule has 0 aromatic heterocycles. The maximum absolute atomic E-state index is 11.6. The van der Waals surface area contributed by atoms with Crippen LogP contribution < -0.4 is 5.73 Å². The lowest BCUT2D eigenvalue weighted by Gasteiger charge is -2.18. The molecule has 0 unspecified atom stereocenters. The monoisotopic (exact) mass is 213 g/mol. The highest BCUT2D eigenvalue weighted by molar-refractivity contribution is 6.04. The van der Waals surface area contributed by atoms with Gasteiger partial charge in [0.25, 0.3) is 0 Å². The number of Topliss-reactive ketones (excluding diaryl/α,β-unsaturated/α-hetero) is 1. The zero-order chi connectivity index (χ0) is 11.9. The van der Waals surface area contributed by atoms with E-state index in [0.717, 1.165) is 12.8 Å². The number of rotatable bonds is 8. The maximum Gasteiger partial charge on any atom is 0.230 e. The topological polar surface area (TPSA) is 60.2 Å². The molecule has 88 valence electrons. The average Bonchev–Trinajstić information content (AvgIpc) is 2.16. The van der Waals surface area contributed by atoms with E-state index in [9.17, 15) is 9.59 Å². The van der Waals surface area contributed by atoms with Gasteiger partial charge in [0.15, 0.2) is 0 Å². The second-order valence-corrected chi connectivity index (χ2v) is 4.58. The summed E-state index contributed by atoms with van der Waals surface area (Å²) in [5.41, 5.74) is 4.17. The Morgan fingerprint density at radius 3 is 2.07 bits per heavy atom. The lowest BCUT2D eigenvalue weighted by atomic mass is 9.84. The van der Waals surface area contributed by atoms with Gasteiger partial charge in [-0.2, -0.15) is 0 Å². The number of hydrogen-bond acceptors (Lipinski definition) is 2. The smallest absolute Gasteiger partial charge is 0.230 e. The highest BCUT2D eigenvalue weighted by Crippen LogP contribution is 2.19. The molecule has 0 fully saturated rings. The molecule has 0 heterocycles. The summed E-state index contributed by atoms with van der Waals surface area (Å²) in [5, 5.41) is 0. The molecule has 0 saturated heterocycles. The summed E-state index contributed by atoms with van der Waals surface area (Å²) in [6, 6.07) is 0. The van der Waals surface area contributed by atoms with Gasteiger partial charge in [-0.1, -0.05) is 32.6 Å². The second kappa shape index (κ2) is 6.59. The van der Waals surface area contributed by atoms with Crippen molar-refractivity contribution in [1.82, 2.24) is 0 Å². The number of unbranched alkanes of at least 4 members (excludes halogenated alkanes) is 4. The van der Waals surface area contributed by atoms with Gasteiger partial charge in [-0.25, -0.2) is 0 Å². The van der Waals surface area contributed by atoms with Crippen molar-refractivity contribution in [3.8, 4) is 0 Å². The van der Waals surface area contributed by atoms with Gasteiger partial charge in [0, 0.05) is 6.42 Å². The highest BCUT2D eigenvalue weighted by atomic mass is 16.2. The molecule has 0 saturated carbocycles. The zero-order valence-electron chi connectivity index (χ0n) is 10.1. The first kappa shape index (κ1) is 14.1. The molecule has 15 heavy (non-hydrogen) atoms. The van der Waals surface area contributed by atoms with E-state index in [1.807, 2.05) is 0 Å². The second-order valence-electron chi connectivity index (χ2n) is 4.58. The number of carbonyl (C=O) groups is 2. The van der Waals surface area contributed by atoms with Crippen LogP contribution in [0.2, 0.25) is 0 Å². The first-order valence-electron chi connectivity index (χ1n) is 5.76. The van der Waals surface area contributed by atoms with Gasteiger partial charge in [0.2, 0.25) is 5.91 Å². The van der Waals surface area contributed by atoms with Crippen molar-refractivity contribution in [3.05, 3.63) is 0 Å². The number of primary amides is 1. The molecule has 0 aliphatic carbocycles. The Hall–Kier alpha value is -0.860. The normalized spacial score (nSPS) is 11.4. The quantitative estimate of drug-likeness (QED) is 0.497. The Bertz CT molecular complexity index is 222. The third kappa shape index (κ3) is 4.96. The van der Waals surface area contributed by atoms with Crippen molar-refractivity contribution in [3.63, 3.8) is 0 Å². The van der Waals surface area contributed by atoms with Crippen LogP contribution >= 0.6 is 0 Å². The molecule has 0 aliphatic heterocycles. The molecule has 3 nitrogen and oxygen atoms in total. The van der Waals surface area contributed by atoms with Gasteiger partial charge < -0.3 is 5.73 Å². The predicted octanol–water partition coefficient (Wildman–Crippen LogP) is 2.43. The van der Waals surface area contributed by atoms with E-state index in [1.54, 1.807) is 13.8 Å². The molecule has 0 aromatic carbocycles. The fourth-order valence-electron chi connectivity index (χ4n) is 1.34. The minimum atomic E-state index is -0.995. The summed E-state index contributed by atoms with van der Waals surface area (Å²) in [5.74, 6) is -0.562. The largest absolute Gasteiger partial charge is 0.369 e. The third-order valence-electron chi connectivity index (χ3n) is 2.82. The number of ketones is 1.